The number of hydrogen-bond donors (Lipinski definition) is 1. The summed E-state index contributed by atoms with van der Waals surface area (Å²) in [7, 11) is 0. The standard InChI is InChI=1S/C10H17BrO3.C3H7N3.C3H4.CH2O/c1-3-9(2)8-13-5-4-6-14-10(12)7-11;1-4-3-6-5-2;1-3-2;1-2/h3H,4-8H2,1-2H3;6H,1-3H2;1H,2H3;1H2/b9-3+;;;. The molecule has 0 spiro atoms. The molecule has 0 saturated heterocycles. The molecule has 0 rings (SSSR count). The fourth-order valence-corrected chi connectivity index (χ4v) is 0.964. The lowest BCUT2D eigenvalue weighted by Crippen LogP contribution is -2.09. The third kappa shape index (κ3) is 44.9. The van der Waals surface area contributed by atoms with Crippen LogP contribution < -0.4 is 5.43 Å². The minimum Gasteiger partial charge on any atom is -0.465 e. The van der Waals surface area contributed by atoms with Crippen molar-refractivity contribution in [1.29, 1.82) is 0 Å². The third-order valence-electron chi connectivity index (χ3n) is 1.92. The summed E-state index contributed by atoms with van der Waals surface area (Å²) in [5.74, 6) is 2.02. The summed E-state index contributed by atoms with van der Waals surface area (Å²) in [5.41, 5.74) is 3.69. The number of aliphatic imine (C=N–C) groups is 1. The molecule has 0 bridgehead atoms. The number of halogens is 1. The molecule has 0 aliphatic heterocycles. The fourth-order valence-electron chi connectivity index (χ4n) is 0.802. The van der Waals surface area contributed by atoms with Crippen molar-refractivity contribution in [2.24, 2.45) is 10.1 Å². The molecule has 25 heavy (non-hydrogen) atoms. The van der Waals surface area contributed by atoms with Gasteiger partial charge in [-0.25, -0.2) is 0 Å². The number of carbonyl (C=O) groups excluding carboxylic acids is 2. The molecule has 0 heterocycles. The largest absolute Gasteiger partial charge is 0.465 e. The molecule has 0 aliphatic rings. The molecular formula is C17H30BrN3O4. The average molecular weight is 420 g/mol. The van der Waals surface area contributed by atoms with E-state index in [-0.39, 0.29) is 11.3 Å². The van der Waals surface area contributed by atoms with E-state index in [0.29, 0.717) is 26.5 Å². The minimum absolute atomic E-state index is 0.227. The first-order valence-electron chi connectivity index (χ1n) is 7.22. The van der Waals surface area contributed by atoms with Gasteiger partial charge in [-0.2, -0.15) is 5.10 Å². The Kier molecular flexibility index (Phi) is 41.5. The van der Waals surface area contributed by atoms with Crippen LogP contribution in [-0.4, -0.2) is 58.0 Å². The van der Waals surface area contributed by atoms with Crippen LogP contribution in [0.25, 0.3) is 0 Å². The lowest BCUT2D eigenvalue weighted by atomic mass is 10.3. The molecule has 0 radical (unpaired) electrons. The molecule has 0 saturated carbocycles. The van der Waals surface area contributed by atoms with Crippen molar-refractivity contribution < 1.29 is 19.1 Å². The second kappa shape index (κ2) is 33.6. The Labute approximate surface area is 160 Å². The second-order valence-corrected chi connectivity index (χ2v) is 4.44. The van der Waals surface area contributed by atoms with Gasteiger partial charge in [0.15, 0.2) is 0 Å². The van der Waals surface area contributed by atoms with E-state index in [9.17, 15) is 4.79 Å². The van der Waals surface area contributed by atoms with Crippen LogP contribution in [0, 0.1) is 12.3 Å². The normalized spacial score (nSPS) is 8.52. The number of rotatable bonds is 10. The molecule has 7 nitrogen and oxygen atoms in total. The minimum atomic E-state index is -0.227. The highest BCUT2D eigenvalue weighted by Crippen LogP contribution is 1.94. The number of carbonyl (C=O) groups is 2. The van der Waals surface area contributed by atoms with Crippen LogP contribution in [-0.2, 0) is 19.1 Å². The highest BCUT2D eigenvalue weighted by molar-refractivity contribution is 9.09. The predicted molar refractivity (Wildman–Crippen MR) is 108 cm³/mol. The van der Waals surface area contributed by atoms with Crippen molar-refractivity contribution in [3.63, 3.8) is 0 Å². The maximum Gasteiger partial charge on any atom is 0.316 e. The highest BCUT2D eigenvalue weighted by Gasteiger charge is 1.98. The summed E-state index contributed by atoms with van der Waals surface area (Å²) in [6.45, 7) is 16.2. The molecular weight excluding hydrogens is 390 g/mol. The molecule has 0 aliphatic carbocycles. The predicted octanol–water partition coefficient (Wildman–Crippen LogP) is 2.60. The summed E-state index contributed by atoms with van der Waals surface area (Å²) in [5, 5.41) is 3.55. The topological polar surface area (TPSA) is 89.3 Å². The van der Waals surface area contributed by atoms with Gasteiger partial charge in [-0.15, -0.1) is 12.3 Å². The summed E-state index contributed by atoms with van der Waals surface area (Å²) in [4.78, 5) is 22.1. The van der Waals surface area contributed by atoms with Crippen molar-refractivity contribution in [3.8, 4) is 12.3 Å². The molecule has 0 amide bonds. The highest BCUT2D eigenvalue weighted by atomic mass is 79.9. The smallest absolute Gasteiger partial charge is 0.316 e. The molecule has 144 valence electrons. The van der Waals surface area contributed by atoms with Gasteiger partial charge < -0.3 is 14.3 Å². The number of nitrogens with zero attached hydrogens (tertiary/aromatic N) is 2. The summed E-state index contributed by atoms with van der Waals surface area (Å²) < 4.78 is 10.2. The van der Waals surface area contributed by atoms with E-state index in [0.717, 1.165) is 6.42 Å². The maximum absolute atomic E-state index is 10.7. The van der Waals surface area contributed by atoms with E-state index < -0.39 is 0 Å². The zero-order chi connectivity index (χ0) is 20.3. The summed E-state index contributed by atoms with van der Waals surface area (Å²) in [6, 6.07) is 0. The van der Waals surface area contributed by atoms with E-state index in [1.165, 1.54) is 5.57 Å². The molecule has 0 atom stereocenters. The number of alkyl halides is 1. The van der Waals surface area contributed by atoms with Gasteiger partial charge in [0.05, 0.1) is 19.8 Å². The van der Waals surface area contributed by atoms with Gasteiger partial charge in [0.25, 0.3) is 0 Å². The van der Waals surface area contributed by atoms with Crippen LogP contribution in [0.5, 0.6) is 0 Å². The number of esters is 1. The third-order valence-corrected chi connectivity index (χ3v) is 2.38. The molecule has 1 N–H and O–H groups in total. The van der Waals surface area contributed by atoms with Crippen molar-refractivity contribution in [2.45, 2.75) is 27.2 Å². The number of nitrogens with one attached hydrogen (secondary N) is 1. The maximum atomic E-state index is 10.7. The second-order valence-electron chi connectivity index (χ2n) is 3.88. The zero-order valence-electron chi connectivity index (χ0n) is 15.4. The van der Waals surface area contributed by atoms with Gasteiger partial charge >= 0.3 is 5.97 Å². The van der Waals surface area contributed by atoms with Crippen LogP contribution in [0.3, 0.4) is 0 Å². The van der Waals surface area contributed by atoms with E-state index in [1.54, 1.807) is 6.92 Å². The number of hydrazone groups is 1. The Bertz CT molecular complexity index is 375. The molecule has 0 fully saturated rings. The average Bonchev–Trinajstić information content (AvgIpc) is 2.65. The number of allylic oxidation sites excluding steroid dienone is 1. The number of terminal acetylenes is 1. The van der Waals surface area contributed by atoms with Crippen LogP contribution >= 0.6 is 15.9 Å². The van der Waals surface area contributed by atoms with Crippen molar-refractivity contribution >= 4 is 42.1 Å². The van der Waals surface area contributed by atoms with E-state index in [4.69, 9.17) is 14.3 Å². The first-order valence-corrected chi connectivity index (χ1v) is 8.34. The molecule has 0 aromatic carbocycles. The van der Waals surface area contributed by atoms with Crippen molar-refractivity contribution in [2.75, 3.05) is 31.8 Å². The Morgan fingerprint density at radius 3 is 2.28 bits per heavy atom. The summed E-state index contributed by atoms with van der Waals surface area (Å²) >= 11 is 3.01. The Hall–Kier alpha value is -1.98. The Morgan fingerprint density at radius 1 is 1.36 bits per heavy atom. The lowest BCUT2D eigenvalue weighted by Gasteiger charge is -2.04. The fraction of sp³-hybridized carbons (Fsp3) is 0.529. The Morgan fingerprint density at radius 2 is 1.92 bits per heavy atom. The van der Waals surface area contributed by atoms with Gasteiger partial charge in [0.2, 0.25) is 0 Å². The molecule has 0 unspecified atom stereocenters. The first kappa shape index (κ1) is 30.9. The molecule has 0 aromatic rings. The lowest BCUT2D eigenvalue weighted by molar-refractivity contribution is -0.140. The SMILES string of the molecule is C#CC.C/C=C(\C)COCCCOC(=O)CBr.C=NCNN=C.C=O. The van der Waals surface area contributed by atoms with Crippen LogP contribution in [0.15, 0.2) is 21.7 Å². The van der Waals surface area contributed by atoms with Crippen molar-refractivity contribution in [1.82, 2.24) is 5.43 Å². The van der Waals surface area contributed by atoms with E-state index in [1.807, 2.05) is 26.7 Å². The van der Waals surface area contributed by atoms with Crippen LogP contribution in [0.1, 0.15) is 27.2 Å². The van der Waals surface area contributed by atoms with Crippen molar-refractivity contribution in [3.05, 3.63) is 11.6 Å². The van der Waals surface area contributed by atoms with Gasteiger partial charge in [-0.1, -0.05) is 27.6 Å². The molecule has 8 heteroatoms. The number of hydrogen-bond acceptors (Lipinski definition) is 7. The van der Waals surface area contributed by atoms with Gasteiger partial charge in [0, 0.05) is 13.1 Å². The van der Waals surface area contributed by atoms with Gasteiger partial charge in [-0.05, 0) is 27.5 Å². The van der Waals surface area contributed by atoms with E-state index >= 15 is 0 Å². The summed E-state index contributed by atoms with van der Waals surface area (Å²) in [6.07, 6.45) is 7.36. The number of ether oxygens (including phenoxy) is 2. The van der Waals surface area contributed by atoms with Crippen LogP contribution in [0.4, 0.5) is 0 Å². The Balaban J connectivity index is -0.000000166. The zero-order valence-corrected chi connectivity index (χ0v) is 17.0. The van der Waals surface area contributed by atoms with Crippen LogP contribution in [0.2, 0.25) is 0 Å². The quantitative estimate of drug-likeness (QED) is 0.112. The monoisotopic (exact) mass is 419 g/mol. The van der Waals surface area contributed by atoms with Gasteiger partial charge in [-0.3, -0.25) is 15.2 Å². The molecule has 0 aromatic heterocycles. The first-order chi connectivity index (χ1) is 12.0. The van der Waals surface area contributed by atoms with E-state index in [2.05, 4.69) is 57.2 Å². The van der Waals surface area contributed by atoms with Gasteiger partial charge in [0.1, 0.15) is 18.8 Å².